The first-order valence-electron chi connectivity index (χ1n) is 20.0. The Kier molecular flexibility index (Phi) is 14.2. The van der Waals surface area contributed by atoms with Crippen molar-refractivity contribution < 1.29 is 46.2 Å². The minimum absolute atomic E-state index is 0.0788. The van der Waals surface area contributed by atoms with Gasteiger partial charge >= 0.3 is 5.69 Å². The molecule has 1 heterocycles. The van der Waals surface area contributed by atoms with E-state index in [9.17, 15) is 41.5 Å². The van der Waals surface area contributed by atoms with E-state index in [2.05, 4.69) is 10.6 Å². The van der Waals surface area contributed by atoms with E-state index in [1.807, 2.05) is 0 Å². The molecule has 6 aromatic rings. The highest BCUT2D eigenvalue weighted by Gasteiger charge is 2.33. The van der Waals surface area contributed by atoms with Crippen LogP contribution < -0.4 is 35.6 Å². The summed E-state index contributed by atoms with van der Waals surface area (Å²) in [6.07, 6.45) is -0.647. The lowest BCUT2D eigenvalue weighted by Gasteiger charge is -2.26. The molecule has 0 saturated carbocycles. The summed E-state index contributed by atoms with van der Waals surface area (Å²) in [4.78, 5) is 73.5. The minimum atomic E-state index is -1.38. The molecule has 0 spiro atoms. The summed E-state index contributed by atoms with van der Waals surface area (Å²) < 4.78 is 70.0. The van der Waals surface area contributed by atoms with Gasteiger partial charge < -0.3 is 29.9 Å². The molecule has 5 aromatic carbocycles. The molecule has 4 atom stereocenters. The summed E-state index contributed by atoms with van der Waals surface area (Å²) in [5.74, 6) is -5.38. The second kappa shape index (κ2) is 19.7. The number of carbonyl (C=O) groups is 4. The van der Waals surface area contributed by atoms with E-state index in [4.69, 9.17) is 9.47 Å². The second-order valence-corrected chi connectivity index (χ2v) is 15.1. The molecule has 0 fully saturated rings. The molecule has 0 aliphatic rings. The van der Waals surface area contributed by atoms with Gasteiger partial charge in [0.05, 0.1) is 25.3 Å². The number of benzene rings is 5. The summed E-state index contributed by atoms with van der Waals surface area (Å²) in [6.45, 7) is 2.83. The van der Waals surface area contributed by atoms with Crippen LogP contribution in [0, 0.1) is 23.3 Å². The number of aromatic nitrogens is 2. The Morgan fingerprint density at radius 3 is 1.20 bits per heavy atom. The first kappa shape index (κ1) is 46.1. The van der Waals surface area contributed by atoms with Crippen molar-refractivity contribution in [2.24, 2.45) is 0 Å². The Morgan fingerprint density at radius 1 is 0.562 bits per heavy atom. The molecule has 64 heavy (non-hydrogen) atoms. The van der Waals surface area contributed by atoms with Crippen LogP contribution in [-0.2, 0) is 32.0 Å². The predicted molar refractivity (Wildman–Crippen MR) is 232 cm³/mol. The largest absolute Gasteiger partial charge is 0.497 e. The van der Waals surface area contributed by atoms with Gasteiger partial charge in [-0.1, -0.05) is 12.1 Å². The maximum atomic E-state index is 14.5. The summed E-state index contributed by atoms with van der Waals surface area (Å²) >= 11 is 0. The lowest BCUT2D eigenvalue weighted by molar-refractivity contribution is -0.129. The van der Waals surface area contributed by atoms with Gasteiger partial charge in [-0.3, -0.25) is 28.3 Å². The van der Waals surface area contributed by atoms with Crippen molar-refractivity contribution in [3.05, 3.63) is 154 Å². The van der Waals surface area contributed by atoms with Crippen molar-refractivity contribution in [3.63, 3.8) is 0 Å². The van der Waals surface area contributed by atoms with Gasteiger partial charge in [0.1, 0.15) is 58.9 Å². The minimum Gasteiger partial charge on any atom is -0.497 e. The number of hydrogen-bond acceptors (Lipinski definition) is 7. The smallest absolute Gasteiger partial charge is 0.330 e. The molecule has 6 rings (SSSR count). The fraction of sp³-hybridized carbons (Fsp3) is 0.255. The number of imidazole rings is 1. The lowest BCUT2D eigenvalue weighted by atomic mass is 10.0. The Bertz CT molecular complexity index is 2520. The van der Waals surface area contributed by atoms with Crippen molar-refractivity contribution in [1.82, 2.24) is 19.8 Å². The first-order valence-corrected chi connectivity index (χ1v) is 20.0. The number of para-hydroxylation sites is 2. The normalized spacial score (nSPS) is 13.0. The van der Waals surface area contributed by atoms with Crippen LogP contribution in [-0.4, -0.2) is 73.2 Å². The number of amides is 4. The Hall–Kier alpha value is -7.43. The molecule has 2 unspecified atom stereocenters. The SMILES string of the molecule is COc1ccc(N(C)C(=O)[C@H](Cc2cc(F)cc(F)c2)NC(=O)C(C)n2c(=O)n(C(C)C(=O)N[C@@H](Cc3cc(F)cc(F)c3)C(=O)N(C)c3ccc(OC)cc3)c3ccccc32)cc1. The zero-order chi connectivity index (χ0) is 46.4. The Labute approximate surface area is 365 Å². The first-order chi connectivity index (χ1) is 30.5. The molecule has 17 heteroatoms. The molecular formula is C47H46F4N6O7. The third-order valence-electron chi connectivity index (χ3n) is 10.9. The number of methoxy groups -OCH3 is 2. The topological polar surface area (TPSA) is 144 Å². The van der Waals surface area contributed by atoms with E-state index < -0.39 is 76.8 Å². The second-order valence-electron chi connectivity index (χ2n) is 15.1. The van der Waals surface area contributed by atoms with Crippen molar-refractivity contribution >= 4 is 46.0 Å². The van der Waals surface area contributed by atoms with E-state index in [1.165, 1.54) is 52.0 Å². The van der Waals surface area contributed by atoms with Crippen LogP contribution in [0.5, 0.6) is 11.5 Å². The van der Waals surface area contributed by atoms with Crippen molar-refractivity contribution in [3.8, 4) is 11.5 Å². The number of likely N-dealkylation sites (N-methyl/N-ethyl adjacent to an activating group) is 2. The standard InChI is InChI=1S/C47H46F4N6O7/c1-27(43(58)52-39(23-29-19-31(48)25-32(49)20-29)45(60)54(3)35-11-15-37(63-5)16-12-35)56-41-9-7-8-10-42(41)57(47(56)62)28(2)44(59)53-40(24-30-21-33(50)26-34(51)22-30)46(61)55(4)36-13-17-38(64-6)18-14-36/h7-22,25-28,39-40H,23-24H2,1-6H3,(H,52,58)(H,53,59)/t27?,28?,39-,40-/m0/s1. The van der Waals surface area contributed by atoms with Crippen LogP contribution >= 0.6 is 0 Å². The highest BCUT2D eigenvalue weighted by molar-refractivity contribution is 6.00. The summed E-state index contributed by atoms with van der Waals surface area (Å²) in [7, 11) is 5.90. The summed E-state index contributed by atoms with van der Waals surface area (Å²) in [5, 5.41) is 5.36. The zero-order valence-electron chi connectivity index (χ0n) is 35.8. The average Bonchev–Trinajstić information content (AvgIpc) is 3.57. The molecule has 334 valence electrons. The number of rotatable bonds is 16. The molecule has 4 amide bonds. The van der Waals surface area contributed by atoms with Gasteiger partial charge in [-0.05, 0) is 110 Å². The highest BCUT2D eigenvalue weighted by Crippen LogP contribution is 2.25. The predicted octanol–water partition coefficient (Wildman–Crippen LogP) is 6.28. The van der Waals surface area contributed by atoms with Crippen molar-refractivity contribution in [2.75, 3.05) is 38.1 Å². The van der Waals surface area contributed by atoms with E-state index in [-0.39, 0.29) is 35.0 Å². The molecule has 13 nitrogen and oxygen atoms in total. The molecular weight excluding hydrogens is 837 g/mol. The third kappa shape index (κ3) is 10.3. The maximum absolute atomic E-state index is 14.5. The number of nitrogens with one attached hydrogen (secondary N) is 2. The number of ether oxygens (including phenoxy) is 2. The quantitative estimate of drug-likeness (QED) is 0.109. The summed E-state index contributed by atoms with van der Waals surface area (Å²) in [5.41, 5.74) is 0.682. The number of fused-ring (bicyclic) bond motifs is 1. The van der Waals surface area contributed by atoms with Gasteiger partial charge in [0.2, 0.25) is 23.6 Å². The number of anilines is 2. The van der Waals surface area contributed by atoms with Crippen molar-refractivity contribution in [1.29, 1.82) is 0 Å². The van der Waals surface area contributed by atoms with Crippen LogP contribution in [0.1, 0.15) is 37.1 Å². The Balaban J connectivity index is 1.30. The third-order valence-corrected chi connectivity index (χ3v) is 10.9. The number of carbonyl (C=O) groups excluding carboxylic acids is 4. The van der Waals surface area contributed by atoms with Crippen LogP contribution in [0.15, 0.2) is 114 Å². The van der Waals surface area contributed by atoms with E-state index in [1.54, 1.807) is 72.8 Å². The Morgan fingerprint density at radius 2 is 0.891 bits per heavy atom. The maximum Gasteiger partial charge on any atom is 0.330 e. The van der Waals surface area contributed by atoms with E-state index >= 15 is 0 Å². The fourth-order valence-corrected chi connectivity index (χ4v) is 7.42. The fourth-order valence-electron chi connectivity index (χ4n) is 7.42. The van der Waals surface area contributed by atoms with E-state index in [0.29, 0.717) is 35.0 Å². The monoisotopic (exact) mass is 882 g/mol. The number of halogens is 4. The summed E-state index contributed by atoms with van der Waals surface area (Å²) in [6, 6.07) is 19.5. The molecule has 2 N–H and O–H groups in total. The zero-order valence-corrected chi connectivity index (χ0v) is 35.8. The van der Waals surface area contributed by atoms with Crippen LogP contribution in [0.4, 0.5) is 28.9 Å². The van der Waals surface area contributed by atoms with Gasteiger partial charge in [-0.15, -0.1) is 0 Å². The van der Waals surface area contributed by atoms with Crippen LogP contribution in [0.2, 0.25) is 0 Å². The highest BCUT2D eigenvalue weighted by atomic mass is 19.1. The molecule has 0 radical (unpaired) electrons. The molecule has 0 aliphatic carbocycles. The molecule has 0 saturated heterocycles. The molecule has 0 aliphatic heterocycles. The molecule has 1 aromatic heterocycles. The van der Waals surface area contributed by atoms with Gasteiger partial charge in [-0.25, -0.2) is 22.4 Å². The number of hydrogen-bond donors (Lipinski definition) is 2. The van der Waals surface area contributed by atoms with E-state index in [0.717, 1.165) is 33.4 Å². The van der Waals surface area contributed by atoms with Crippen molar-refractivity contribution in [2.45, 2.75) is 50.9 Å². The molecule has 0 bridgehead atoms. The van der Waals surface area contributed by atoms with Gasteiger partial charge in [0.15, 0.2) is 0 Å². The number of nitrogens with zero attached hydrogens (tertiary/aromatic N) is 4. The average molecular weight is 883 g/mol. The van der Waals surface area contributed by atoms with Crippen LogP contribution in [0.3, 0.4) is 0 Å². The lowest BCUT2D eigenvalue weighted by Crippen LogP contribution is -2.51. The van der Waals surface area contributed by atoms with Gasteiger partial charge in [-0.2, -0.15) is 0 Å². The van der Waals surface area contributed by atoms with Crippen LogP contribution in [0.25, 0.3) is 11.0 Å². The van der Waals surface area contributed by atoms with Gasteiger partial charge in [0, 0.05) is 50.4 Å². The van der Waals surface area contributed by atoms with Gasteiger partial charge in [0.25, 0.3) is 0 Å².